The third kappa shape index (κ3) is 3.13. The standard InChI is InChI=1S/C16H21FN4/c1-12-4-3-9-20(10-12)11-16-13(2)21(19-18-16)15-7-5-14(17)6-8-15/h5-8,12H,3-4,9-11H2,1-2H3. The summed E-state index contributed by atoms with van der Waals surface area (Å²) in [6.45, 7) is 7.42. The first-order valence-corrected chi connectivity index (χ1v) is 7.53. The van der Waals surface area contributed by atoms with Crippen molar-refractivity contribution in [1.29, 1.82) is 0 Å². The second-order valence-corrected chi connectivity index (χ2v) is 5.99. The van der Waals surface area contributed by atoms with Crippen molar-refractivity contribution in [2.24, 2.45) is 5.92 Å². The van der Waals surface area contributed by atoms with Gasteiger partial charge in [-0.3, -0.25) is 4.90 Å². The summed E-state index contributed by atoms with van der Waals surface area (Å²) in [5.74, 6) is 0.519. The van der Waals surface area contributed by atoms with Crippen molar-refractivity contribution in [2.45, 2.75) is 33.2 Å². The van der Waals surface area contributed by atoms with Crippen LogP contribution in [0.4, 0.5) is 4.39 Å². The zero-order valence-corrected chi connectivity index (χ0v) is 12.6. The molecule has 2 heterocycles. The van der Waals surface area contributed by atoms with E-state index >= 15 is 0 Å². The van der Waals surface area contributed by atoms with Gasteiger partial charge in [0.1, 0.15) is 11.5 Å². The van der Waals surface area contributed by atoms with Crippen molar-refractivity contribution < 1.29 is 4.39 Å². The molecule has 0 aliphatic carbocycles. The summed E-state index contributed by atoms with van der Waals surface area (Å²) in [4.78, 5) is 2.44. The molecule has 3 rings (SSSR count). The first kappa shape index (κ1) is 14.2. The molecule has 1 saturated heterocycles. The van der Waals surface area contributed by atoms with E-state index in [2.05, 4.69) is 22.1 Å². The van der Waals surface area contributed by atoms with Gasteiger partial charge in [-0.25, -0.2) is 9.07 Å². The van der Waals surface area contributed by atoms with Crippen LogP contribution in [0.1, 0.15) is 31.2 Å². The van der Waals surface area contributed by atoms with Crippen molar-refractivity contribution in [3.05, 3.63) is 41.5 Å². The number of likely N-dealkylation sites (tertiary alicyclic amines) is 1. The highest BCUT2D eigenvalue weighted by atomic mass is 19.1. The van der Waals surface area contributed by atoms with E-state index in [1.165, 1.54) is 25.0 Å². The minimum Gasteiger partial charge on any atom is -0.297 e. The van der Waals surface area contributed by atoms with Crippen LogP contribution in [0, 0.1) is 18.7 Å². The molecule has 5 heteroatoms. The van der Waals surface area contributed by atoms with Crippen LogP contribution in [-0.4, -0.2) is 33.0 Å². The zero-order valence-electron chi connectivity index (χ0n) is 12.6. The summed E-state index contributed by atoms with van der Waals surface area (Å²) >= 11 is 0. The zero-order chi connectivity index (χ0) is 14.8. The second kappa shape index (κ2) is 5.93. The van der Waals surface area contributed by atoms with E-state index in [9.17, 15) is 4.39 Å². The van der Waals surface area contributed by atoms with Gasteiger partial charge in [0.2, 0.25) is 0 Å². The molecule has 0 radical (unpaired) electrons. The van der Waals surface area contributed by atoms with Gasteiger partial charge in [0.25, 0.3) is 0 Å². The van der Waals surface area contributed by atoms with E-state index in [4.69, 9.17) is 0 Å². The maximum absolute atomic E-state index is 13.0. The molecule has 1 aliphatic heterocycles. The Bertz CT molecular complexity index is 605. The Morgan fingerprint density at radius 3 is 2.76 bits per heavy atom. The molecule has 1 aromatic carbocycles. The van der Waals surface area contributed by atoms with E-state index in [1.807, 2.05) is 6.92 Å². The Hall–Kier alpha value is -1.75. The maximum atomic E-state index is 13.0. The Morgan fingerprint density at radius 2 is 2.05 bits per heavy atom. The number of hydrogen-bond acceptors (Lipinski definition) is 3. The van der Waals surface area contributed by atoms with Crippen LogP contribution in [0.3, 0.4) is 0 Å². The SMILES string of the molecule is Cc1c(CN2CCCC(C)C2)nnn1-c1ccc(F)cc1. The fourth-order valence-electron chi connectivity index (χ4n) is 2.98. The van der Waals surface area contributed by atoms with Crippen molar-refractivity contribution >= 4 is 0 Å². The van der Waals surface area contributed by atoms with Crippen molar-refractivity contribution in [3.63, 3.8) is 0 Å². The molecule has 0 bridgehead atoms. The van der Waals surface area contributed by atoms with Gasteiger partial charge in [0.15, 0.2) is 0 Å². The van der Waals surface area contributed by atoms with E-state index < -0.39 is 0 Å². The molecular formula is C16H21FN4. The van der Waals surface area contributed by atoms with Gasteiger partial charge in [0.05, 0.1) is 11.4 Å². The summed E-state index contributed by atoms with van der Waals surface area (Å²) in [6.07, 6.45) is 2.57. The molecule has 112 valence electrons. The first-order valence-electron chi connectivity index (χ1n) is 7.53. The monoisotopic (exact) mass is 288 g/mol. The normalized spacial score (nSPS) is 19.9. The molecular weight excluding hydrogens is 267 g/mol. The van der Waals surface area contributed by atoms with E-state index in [-0.39, 0.29) is 5.82 Å². The minimum atomic E-state index is -0.237. The van der Waals surface area contributed by atoms with Crippen LogP contribution >= 0.6 is 0 Å². The number of rotatable bonds is 3. The first-order chi connectivity index (χ1) is 10.1. The summed E-state index contributed by atoms with van der Waals surface area (Å²) < 4.78 is 14.8. The van der Waals surface area contributed by atoms with Gasteiger partial charge >= 0.3 is 0 Å². The van der Waals surface area contributed by atoms with Crippen LogP contribution in [0.25, 0.3) is 5.69 Å². The number of piperidine rings is 1. The third-order valence-electron chi connectivity index (χ3n) is 4.18. The van der Waals surface area contributed by atoms with Crippen molar-refractivity contribution in [2.75, 3.05) is 13.1 Å². The highest BCUT2D eigenvalue weighted by Crippen LogP contribution is 2.19. The Morgan fingerprint density at radius 1 is 1.29 bits per heavy atom. The predicted octanol–water partition coefficient (Wildman–Crippen LogP) is 2.95. The average molecular weight is 288 g/mol. The number of halogens is 1. The van der Waals surface area contributed by atoms with Crippen molar-refractivity contribution in [3.8, 4) is 5.69 Å². The van der Waals surface area contributed by atoms with Crippen LogP contribution in [0.5, 0.6) is 0 Å². The lowest BCUT2D eigenvalue weighted by Crippen LogP contribution is -2.34. The highest BCUT2D eigenvalue weighted by Gasteiger charge is 2.19. The van der Waals surface area contributed by atoms with Crippen LogP contribution in [0.15, 0.2) is 24.3 Å². The van der Waals surface area contributed by atoms with Crippen molar-refractivity contribution in [1.82, 2.24) is 19.9 Å². The molecule has 1 unspecified atom stereocenters. The van der Waals surface area contributed by atoms with Gasteiger partial charge in [0, 0.05) is 13.1 Å². The number of benzene rings is 1. The molecule has 0 amide bonds. The number of hydrogen-bond donors (Lipinski definition) is 0. The van der Waals surface area contributed by atoms with Gasteiger partial charge in [-0.2, -0.15) is 0 Å². The lowest BCUT2D eigenvalue weighted by molar-refractivity contribution is 0.174. The fourth-order valence-corrected chi connectivity index (χ4v) is 2.98. The fraction of sp³-hybridized carbons (Fsp3) is 0.500. The molecule has 1 aliphatic rings. The van der Waals surface area contributed by atoms with E-state index in [0.717, 1.165) is 42.6 Å². The Kier molecular flexibility index (Phi) is 4.01. The number of aromatic nitrogens is 3. The summed E-state index contributed by atoms with van der Waals surface area (Å²) in [6, 6.07) is 6.35. The summed E-state index contributed by atoms with van der Waals surface area (Å²) in [7, 11) is 0. The molecule has 4 nitrogen and oxygen atoms in total. The van der Waals surface area contributed by atoms with Crippen LogP contribution in [-0.2, 0) is 6.54 Å². The molecule has 0 spiro atoms. The lowest BCUT2D eigenvalue weighted by Gasteiger charge is -2.30. The largest absolute Gasteiger partial charge is 0.297 e. The van der Waals surface area contributed by atoms with Gasteiger partial charge in [-0.05, 0) is 56.5 Å². The molecule has 0 saturated carbocycles. The van der Waals surface area contributed by atoms with Gasteiger partial charge < -0.3 is 0 Å². The third-order valence-corrected chi connectivity index (χ3v) is 4.18. The highest BCUT2D eigenvalue weighted by molar-refractivity contribution is 5.33. The topological polar surface area (TPSA) is 34.0 Å². The average Bonchev–Trinajstić information content (AvgIpc) is 2.81. The molecule has 21 heavy (non-hydrogen) atoms. The number of nitrogens with zero attached hydrogens (tertiary/aromatic N) is 4. The van der Waals surface area contributed by atoms with Gasteiger partial charge in [-0.15, -0.1) is 5.10 Å². The molecule has 1 aromatic heterocycles. The summed E-state index contributed by atoms with van der Waals surface area (Å²) in [5.41, 5.74) is 2.88. The smallest absolute Gasteiger partial charge is 0.123 e. The maximum Gasteiger partial charge on any atom is 0.123 e. The molecule has 2 aromatic rings. The Labute approximate surface area is 124 Å². The lowest BCUT2D eigenvalue weighted by atomic mass is 10.0. The summed E-state index contributed by atoms with van der Waals surface area (Å²) in [5, 5.41) is 8.53. The van der Waals surface area contributed by atoms with E-state index in [0.29, 0.717) is 0 Å². The van der Waals surface area contributed by atoms with Crippen LogP contribution < -0.4 is 0 Å². The quantitative estimate of drug-likeness (QED) is 0.871. The van der Waals surface area contributed by atoms with Crippen LogP contribution in [0.2, 0.25) is 0 Å². The molecule has 1 fully saturated rings. The Balaban J connectivity index is 1.77. The predicted molar refractivity (Wildman–Crippen MR) is 79.7 cm³/mol. The van der Waals surface area contributed by atoms with Gasteiger partial charge in [-0.1, -0.05) is 12.1 Å². The molecule has 0 N–H and O–H groups in total. The minimum absolute atomic E-state index is 0.237. The molecule has 1 atom stereocenters. The second-order valence-electron chi connectivity index (χ2n) is 5.99. The van der Waals surface area contributed by atoms with E-state index in [1.54, 1.807) is 16.8 Å².